The first-order valence-corrected chi connectivity index (χ1v) is 8.80. The lowest BCUT2D eigenvalue weighted by Gasteiger charge is -2.14. The van der Waals surface area contributed by atoms with Gasteiger partial charge in [-0.2, -0.15) is 0 Å². The normalized spacial score (nSPS) is 14.3. The highest BCUT2D eigenvalue weighted by molar-refractivity contribution is 6.04. The Morgan fingerprint density at radius 3 is 2.81 bits per heavy atom. The predicted molar refractivity (Wildman–Crippen MR) is 98.6 cm³/mol. The lowest BCUT2D eigenvalue weighted by atomic mass is 10.2. The van der Waals surface area contributed by atoms with E-state index in [2.05, 4.69) is 15.3 Å². The largest absolute Gasteiger partial charge is 0.490 e. The van der Waals surface area contributed by atoms with Gasteiger partial charge >= 0.3 is 0 Å². The van der Waals surface area contributed by atoms with Crippen molar-refractivity contribution >= 4 is 11.6 Å². The van der Waals surface area contributed by atoms with Gasteiger partial charge in [0.15, 0.2) is 0 Å². The maximum atomic E-state index is 12.5. The van der Waals surface area contributed by atoms with Crippen molar-refractivity contribution < 1.29 is 9.53 Å². The average molecular weight is 348 g/mol. The maximum absolute atomic E-state index is 12.5. The number of benzene rings is 1. The maximum Gasteiger partial charge on any atom is 0.257 e. The predicted octanol–water partition coefficient (Wildman–Crippen LogP) is 3.84. The van der Waals surface area contributed by atoms with Gasteiger partial charge in [0.25, 0.3) is 5.91 Å². The summed E-state index contributed by atoms with van der Waals surface area (Å²) in [5, 5.41) is 2.90. The van der Waals surface area contributed by atoms with Crippen LogP contribution in [0.1, 0.15) is 36.0 Å². The summed E-state index contributed by atoms with van der Waals surface area (Å²) in [7, 11) is 0. The summed E-state index contributed by atoms with van der Waals surface area (Å²) < 4.78 is 7.77. The standard InChI is InChI=1S/C20H20N4O2/c25-20(15-8-9-19(22-13-15)24-11-10-21-14-24)23-16-4-3-7-18(12-16)26-17-5-1-2-6-17/h3-4,7-14,17H,1-2,5-6H2,(H,23,25). The molecule has 2 aromatic heterocycles. The summed E-state index contributed by atoms with van der Waals surface area (Å²) in [5.41, 5.74) is 1.21. The molecule has 0 radical (unpaired) electrons. The molecule has 4 rings (SSSR count). The molecule has 1 N–H and O–H groups in total. The van der Waals surface area contributed by atoms with E-state index in [1.807, 2.05) is 24.3 Å². The molecule has 1 aliphatic rings. The van der Waals surface area contributed by atoms with Crippen LogP contribution in [-0.4, -0.2) is 26.5 Å². The Labute approximate surface area is 151 Å². The minimum absolute atomic E-state index is 0.201. The van der Waals surface area contributed by atoms with Crippen molar-refractivity contribution in [2.75, 3.05) is 5.32 Å². The molecule has 0 unspecified atom stereocenters. The molecule has 0 aliphatic heterocycles. The molecule has 1 aromatic carbocycles. The highest BCUT2D eigenvalue weighted by Crippen LogP contribution is 2.26. The molecule has 26 heavy (non-hydrogen) atoms. The molecule has 1 aliphatic carbocycles. The number of hydrogen-bond donors (Lipinski definition) is 1. The fourth-order valence-electron chi connectivity index (χ4n) is 3.12. The highest BCUT2D eigenvalue weighted by Gasteiger charge is 2.16. The van der Waals surface area contributed by atoms with E-state index in [4.69, 9.17) is 4.74 Å². The first-order chi connectivity index (χ1) is 12.8. The van der Waals surface area contributed by atoms with Crippen molar-refractivity contribution in [1.82, 2.24) is 14.5 Å². The van der Waals surface area contributed by atoms with Crippen molar-refractivity contribution in [3.8, 4) is 11.6 Å². The summed E-state index contributed by atoms with van der Waals surface area (Å²) in [5.74, 6) is 1.31. The number of anilines is 1. The molecule has 132 valence electrons. The first kappa shape index (κ1) is 16.3. The van der Waals surface area contributed by atoms with Gasteiger partial charge in [0.1, 0.15) is 17.9 Å². The molecular formula is C20H20N4O2. The number of rotatable bonds is 5. The van der Waals surface area contributed by atoms with Crippen LogP contribution in [0.2, 0.25) is 0 Å². The number of aromatic nitrogens is 3. The minimum atomic E-state index is -0.201. The Kier molecular flexibility index (Phi) is 4.64. The third kappa shape index (κ3) is 3.74. The van der Waals surface area contributed by atoms with Crippen LogP contribution < -0.4 is 10.1 Å². The second kappa shape index (κ2) is 7.39. The van der Waals surface area contributed by atoms with Crippen LogP contribution in [0.15, 0.2) is 61.3 Å². The Bertz CT molecular complexity index is 869. The van der Waals surface area contributed by atoms with Gasteiger partial charge in [-0.3, -0.25) is 9.36 Å². The fourth-order valence-corrected chi connectivity index (χ4v) is 3.12. The van der Waals surface area contributed by atoms with E-state index in [0.29, 0.717) is 23.2 Å². The number of hydrogen-bond acceptors (Lipinski definition) is 4. The van der Waals surface area contributed by atoms with Gasteiger partial charge in [-0.25, -0.2) is 9.97 Å². The first-order valence-electron chi connectivity index (χ1n) is 8.80. The van der Waals surface area contributed by atoms with Crippen LogP contribution in [0.3, 0.4) is 0 Å². The van der Waals surface area contributed by atoms with Gasteiger partial charge in [-0.1, -0.05) is 6.07 Å². The number of pyridine rings is 1. The summed E-state index contributed by atoms with van der Waals surface area (Å²) in [6.07, 6.45) is 11.7. The van der Waals surface area contributed by atoms with Crippen LogP contribution in [0, 0.1) is 0 Å². The number of imidazole rings is 1. The fraction of sp³-hybridized carbons (Fsp3) is 0.250. The third-order valence-electron chi connectivity index (χ3n) is 4.48. The van der Waals surface area contributed by atoms with E-state index < -0.39 is 0 Å². The van der Waals surface area contributed by atoms with E-state index in [-0.39, 0.29) is 5.91 Å². The Hall–Kier alpha value is -3.15. The Balaban J connectivity index is 1.42. The molecule has 6 nitrogen and oxygen atoms in total. The Morgan fingerprint density at radius 1 is 1.19 bits per heavy atom. The molecule has 2 heterocycles. The lowest BCUT2D eigenvalue weighted by molar-refractivity contribution is 0.102. The molecule has 1 fully saturated rings. The van der Waals surface area contributed by atoms with Crippen LogP contribution in [0.5, 0.6) is 5.75 Å². The Morgan fingerprint density at radius 2 is 2.08 bits per heavy atom. The zero-order chi connectivity index (χ0) is 17.8. The number of carbonyl (C=O) groups excluding carboxylic acids is 1. The van der Waals surface area contributed by atoms with Gasteiger partial charge in [-0.05, 0) is 49.9 Å². The molecule has 1 saturated carbocycles. The van der Waals surface area contributed by atoms with E-state index in [9.17, 15) is 4.79 Å². The average Bonchev–Trinajstić information content (AvgIpc) is 3.36. The highest BCUT2D eigenvalue weighted by atomic mass is 16.5. The van der Waals surface area contributed by atoms with Crippen molar-refractivity contribution in [1.29, 1.82) is 0 Å². The van der Waals surface area contributed by atoms with Crippen molar-refractivity contribution in [2.45, 2.75) is 31.8 Å². The molecular weight excluding hydrogens is 328 g/mol. The summed E-state index contributed by atoms with van der Waals surface area (Å²) >= 11 is 0. The van der Waals surface area contributed by atoms with Crippen molar-refractivity contribution in [3.63, 3.8) is 0 Å². The SMILES string of the molecule is O=C(Nc1cccc(OC2CCCC2)c1)c1ccc(-n2ccnc2)nc1. The second-order valence-corrected chi connectivity index (χ2v) is 6.38. The third-order valence-corrected chi connectivity index (χ3v) is 4.48. The van der Waals surface area contributed by atoms with Gasteiger partial charge in [0.2, 0.25) is 0 Å². The summed E-state index contributed by atoms with van der Waals surface area (Å²) in [6, 6.07) is 11.1. The quantitative estimate of drug-likeness (QED) is 0.760. The van der Waals surface area contributed by atoms with Gasteiger partial charge in [0, 0.05) is 30.3 Å². The lowest BCUT2D eigenvalue weighted by Crippen LogP contribution is -2.13. The number of ether oxygens (including phenoxy) is 1. The number of nitrogens with one attached hydrogen (secondary N) is 1. The second-order valence-electron chi connectivity index (χ2n) is 6.38. The monoisotopic (exact) mass is 348 g/mol. The van der Waals surface area contributed by atoms with E-state index >= 15 is 0 Å². The molecule has 0 atom stereocenters. The van der Waals surface area contributed by atoms with Crippen LogP contribution in [0.25, 0.3) is 5.82 Å². The molecule has 1 amide bonds. The zero-order valence-electron chi connectivity index (χ0n) is 14.3. The topological polar surface area (TPSA) is 69.0 Å². The van der Waals surface area contributed by atoms with Gasteiger partial charge in [-0.15, -0.1) is 0 Å². The van der Waals surface area contributed by atoms with Crippen molar-refractivity contribution in [3.05, 3.63) is 66.9 Å². The molecule has 0 spiro atoms. The molecule has 0 bridgehead atoms. The summed E-state index contributed by atoms with van der Waals surface area (Å²) in [4.78, 5) is 20.8. The van der Waals surface area contributed by atoms with E-state index in [1.54, 1.807) is 41.6 Å². The number of carbonyl (C=O) groups is 1. The van der Waals surface area contributed by atoms with E-state index in [1.165, 1.54) is 12.8 Å². The smallest absolute Gasteiger partial charge is 0.257 e. The van der Waals surface area contributed by atoms with E-state index in [0.717, 1.165) is 18.6 Å². The van der Waals surface area contributed by atoms with Crippen molar-refractivity contribution in [2.24, 2.45) is 0 Å². The number of nitrogens with zero attached hydrogens (tertiary/aromatic N) is 3. The molecule has 6 heteroatoms. The van der Waals surface area contributed by atoms with Crippen LogP contribution >= 0.6 is 0 Å². The van der Waals surface area contributed by atoms with Gasteiger partial charge in [0.05, 0.1) is 11.7 Å². The minimum Gasteiger partial charge on any atom is -0.490 e. The zero-order valence-corrected chi connectivity index (χ0v) is 14.3. The summed E-state index contributed by atoms with van der Waals surface area (Å²) in [6.45, 7) is 0. The number of amides is 1. The molecule has 3 aromatic rings. The van der Waals surface area contributed by atoms with Gasteiger partial charge < -0.3 is 10.1 Å². The molecule has 0 saturated heterocycles. The van der Waals surface area contributed by atoms with Crippen LogP contribution in [-0.2, 0) is 0 Å². The van der Waals surface area contributed by atoms with Crippen LogP contribution in [0.4, 0.5) is 5.69 Å².